The number of ketones is 1. The monoisotopic (exact) mass is 139 g/mol. The molecule has 2 heteroatoms. The number of carbonyl (C=O) groups excluding carboxylic acids is 1. The molecule has 1 N–H and O–H groups in total. The van der Waals surface area contributed by atoms with Gasteiger partial charge in [-0.15, -0.1) is 0 Å². The van der Waals surface area contributed by atoms with Gasteiger partial charge in [-0.2, -0.15) is 0 Å². The quantitative estimate of drug-likeness (QED) is 0.535. The molecule has 1 aliphatic carbocycles. The van der Waals surface area contributed by atoms with Crippen molar-refractivity contribution in [2.24, 2.45) is 5.92 Å². The number of rotatable bonds is 0. The molecular formula is C8H13NO. The van der Waals surface area contributed by atoms with E-state index in [1.165, 1.54) is 6.42 Å². The Hall–Kier alpha value is -0.370. The lowest BCUT2D eigenvalue weighted by Crippen LogP contribution is -2.32. The zero-order chi connectivity index (χ0) is 6.97. The lowest BCUT2D eigenvalue weighted by molar-refractivity contribution is -0.121. The zero-order valence-electron chi connectivity index (χ0n) is 6.10. The topological polar surface area (TPSA) is 29.1 Å². The summed E-state index contributed by atoms with van der Waals surface area (Å²) < 4.78 is 0. The van der Waals surface area contributed by atoms with E-state index in [1.807, 2.05) is 0 Å². The molecule has 1 heterocycles. The molecule has 1 aliphatic heterocycles. The van der Waals surface area contributed by atoms with Gasteiger partial charge in [-0.1, -0.05) is 0 Å². The standard InChI is InChI=1S/C8H13NO/c10-7-1-2-8-6(5-7)3-4-9-8/h6,8-9H,1-5H2. The largest absolute Gasteiger partial charge is 0.314 e. The van der Waals surface area contributed by atoms with E-state index >= 15 is 0 Å². The van der Waals surface area contributed by atoms with Gasteiger partial charge in [0.2, 0.25) is 0 Å². The fourth-order valence-electron chi connectivity index (χ4n) is 2.12. The number of hydrogen-bond donors (Lipinski definition) is 1. The number of hydrogen-bond acceptors (Lipinski definition) is 2. The van der Waals surface area contributed by atoms with Crippen LogP contribution in [0.4, 0.5) is 0 Å². The average Bonchev–Trinajstić information content (AvgIpc) is 2.33. The fourth-order valence-corrected chi connectivity index (χ4v) is 2.12. The van der Waals surface area contributed by atoms with Crippen LogP contribution >= 0.6 is 0 Å². The Labute approximate surface area is 61.0 Å². The highest BCUT2D eigenvalue weighted by atomic mass is 16.1. The summed E-state index contributed by atoms with van der Waals surface area (Å²) in [5.41, 5.74) is 0. The van der Waals surface area contributed by atoms with Gasteiger partial charge in [0.1, 0.15) is 5.78 Å². The maximum atomic E-state index is 11.0. The van der Waals surface area contributed by atoms with E-state index in [0.29, 0.717) is 17.7 Å². The summed E-state index contributed by atoms with van der Waals surface area (Å²) in [6.45, 7) is 1.13. The highest BCUT2D eigenvalue weighted by molar-refractivity contribution is 5.79. The molecule has 2 aliphatic rings. The molecule has 2 atom stereocenters. The van der Waals surface area contributed by atoms with E-state index < -0.39 is 0 Å². The lowest BCUT2D eigenvalue weighted by Gasteiger charge is -2.23. The van der Waals surface area contributed by atoms with Crippen molar-refractivity contribution in [3.63, 3.8) is 0 Å². The first-order valence-corrected chi connectivity index (χ1v) is 4.11. The van der Waals surface area contributed by atoms with Gasteiger partial charge in [0, 0.05) is 18.9 Å². The van der Waals surface area contributed by atoms with Crippen LogP contribution in [0, 0.1) is 5.92 Å². The van der Waals surface area contributed by atoms with Gasteiger partial charge >= 0.3 is 0 Å². The van der Waals surface area contributed by atoms with Crippen molar-refractivity contribution in [1.29, 1.82) is 0 Å². The molecule has 10 heavy (non-hydrogen) atoms. The predicted molar refractivity (Wildman–Crippen MR) is 38.8 cm³/mol. The minimum atomic E-state index is 0.477. The van der Waals surface area contributed by atoms with Gasteiger partial charge in [-0.05, 0) is 25.3 Å². The Morgan fingerprint density at radius 3 is 3.20 bits per heavy atom. The Kier molecular flexibility index (Phi) is 1.49. The van der Waals surface area contributed by atoms with E-state index in [4.69, 9.17) is 0 Å². The molecule has 0 aromatic rings. The first kappa shape index (κ1) is 6.35. The number of carbonyl (C=O) groups is 1. The minimum Gasteiger partial charge on any atom is -0.314 e. The third-order valence-corrected chi connectivity index (χ3v) is 2.71. The molecule has 0 aromatic carbocycles. The SMILES string of the molecule is O=C1CCC2NCCC2C1. The summed E-state index contributed by atoms with van der Waals surface area (Å²) in [4.78, 5) is 11.0. The summed E-state index contributed by atoms with van der Waals surface area (Å²) >= 11 is 0. The van der Waals surface area contributed by atoms with Gasteiger partial charge in [0.05, 0.1) is 0 Å². The van der Waals surface area contributed by atoms with Crippen LogP contribution in [0.3, 0.4) is 0 Å². The van der Waals surface area contributed by atoms with Gasteiger partial charge in [-0.25, -0.2) is 0 Å². The van der Waals surface area contributed by atoms with E-state index in [1.54, 1.807) is 0 Å². The minimum absolute atomic E-state index is 0.477. The molecule has 2 rings (SSSR count). The van der Waals surface area contributed by atoms with Crippen molar-refractivity contribution in [3.8, 4) is 0 Å². The Bertz CT molecular complexity index is 155. The summed E-state index contributed by atoms with van der Waals surface area (Å²) in [6, 6.07) is 0.678. The van der Waals surface area contributed by atoms with Crippen LogP contribution in [-0.2, 0) is 4.79 Å². The second-order valence-electron chi connectivity index (χ2n) is 3.39. The van der Waals surface area contributed by atoms with E-state index in [-0.39, 0.29) is 0 Å². The zero-order valence-corrected chi connectivity index (χ0v) is 6.10. The number of fused-ring (bicyclic) bond motifs is 1. The third kappa shape index (κ3) is 0.966. The molecular weight excluding hydrogens is 126 g/mol. The first-order chi connectivity index (χ1) is 4.86. The van der Waals surface area contributed by atoms with Crippen molar-refractivity contribution in [1.82, 2.24) is 5.32 Å². The van der Waals surface area contributed by atoms with Crippen LogP contribution in [0.25, 0.3) is 0 Å². The van der Waals surface area contributed by atoms with Crippen LogP contribution in [0.2, 0.25) is 0 Å². The van der Waals surface area contributed by atoms with Crippen molar-refractivity contribution in [2.75, 3.05) is 6.54 Å². The van der Waals surface area contributed by atoms with E-state index in [2.05, 4.69) is 5.32 Å². The molecule has 0 radical (unpaired) electrons. The normalized spacial score (nSPS) is 39.8. The summed E-state index contributed by atoms with van der Waals surface area (Å²) in [6.07, 6.45) is 3.96. The molecule has 0 spiro atoms. The van der Waals surface area contributed by atoms with Crippen molar-refractivity contribution >= 4 is 5.78 Å². The van der Waals surface area contributed by atoms with Crippen molar-refractivity contribution < 1.29 is 4.79 Å². The van der Waals surface area contributed by atoms with Gasteiger partial charge in [0.15, 0.2) is 0 Å². The highest BCUT2D eigenvalue weighted by Crippen LogP contribution is 2.28. The maximum Gasteiger partial charge on any atom is 0.133 e. The van der Waals surface area contributed by atoms with Gasteiger partial charge in [-0.3, -0.25) is 4.79 Å². The second-order valence-corrected chi connectivity index (χ2v) is 3.39. The van der Waals surface area contributed by atoms with Gasteiger partial charge < -0.3 is 5.32 Å². The van der Waals surface area contributed by atoms with Crippen LogP contribution in [0.1, 0.15) is 25.7 Å². The first-order valence-electron chi connectivity index (χ1n) is 4.11. The molecule has 0 amide bonds. The number of Topliss-reactive ketones (excluding diaryl/α,β-unsaturated/α-hetero) is 1. The van der Waals surface area contributed by atoms with E-state index in [0.717, 1.165) is 25.8 Å². The smallest absolute Gasteiger partial charge is 0.133 e. The molecule has 1 saturated heterocycles. The summed E-state index contributed by atoms with van der Waals surface area (Å²) in [7, 11) is 0. The van der Waals surface area contributed by atoms with Crippen LogP contribution < -0.4 is 5.32 Å². The fraction of sp³-hybridized carbons (Fsp3) is 0.875. The number of nitrogens with one attached hydrogen (secondary N) is 1. The molecule has 2 unspecified atom stereocenters. The molecule has 1 saturated carbocycles. The van der Waals surface area contributed by atoms with E-state index in [9.17, 15) is 4.79 Å². The summed E-state index contributed by atoms with van der Waals surface area (Å²) in [5.74, 6) is 1.16. The molecule has 0 bridgehead atoms. The van der Waals surface area contributed by atoms with Gasteiger partial charge in [0.25, 0.3) is 0 Å². The Morgan fingerprint density at radius 2 is 2.30 bits per heavy atom. The van der Waals surface area contributed by atoms with Crippen LogP contribution in [-0.4, -0.2) is 18.4 Å². The highest BCUT2D eigenvalue weighted by Gasteiger charge is 2.32. The van der Waals surface area contributed by atoms with Crippen molar-refractivity contribution in [2.45, 2.75) is 31.7 Å². The molecule has 2 fully saturated rings. The predicted octanol–water partition coefficient (Wildman–Crippen LogP) is 0.718. The Balaban J connectivity index is 2.03. The van der Waals surface area contributed by atoms with Crippen molar-refractivity contribution in [3.05, 3.63) is 0 Å². The van der Waals surface area contributed by atoms with Crippen LogP contribution in [0.5, 0.6) is 0 Å². The molecule has 56 valence electrons. The maximum absolute atomic E-state index is 11.0. The second kappa shape index (κ2) is 2.35. The van der Waals surface area contributed by atoms with Crippen LogP contribution in [0.15, 0.2) is 0 Å². The Morgan fingerprint density at radius 1 is 1.40 bits per heavy atom. The molecule has 0 aromatic heterocycles. The average molecular weight is 139 g/mol. The third-order valence-electron chi connectivity index (χ3n) is 2.71. The molecule has 2 nitrogen and oxygen atoms in total. The summed E-state index contributed by atoms with van der Waals surface area (Å²) in [5, 5.41) is 3.43. The lowest BCUT2D eigenvalue weighted by atomic mass is 9.85.